The van der Waals surface area contributed by atoms with Crippen LogP contribution in [0.2, 0.25) is 0 Å². The van der Waals surface area contributed by atoms with Gasteiger partial charge in [-0.25, -0.2) is 0 Å². The molecule has 0 aliphatic heterocycles. The molecule has 0 bridgehead atoms. The van der Waals surface area contributed by atoms with E-state index >= 15 is 0 Å². The van der Waals surface area contributed by atoms with Crippen LogP contribution in [0.15, 0.2) is 53.1 Å². The van der Waals surface area contributed by atoms with Crippen LogP contribution in [0.5, 0.6) is 11.5 Å². The number of hydrogen-bond acceptors (Lipinski definition) is 6. The molecule has 32 heavy (non-hydrogen) atoms. The van der Waals surface area contributed by atoms with Gasteiger partial charge in [-0.05, 0) is 43.5 Å². The van der Waals surface area contributed by atoms with Crippen LogP contribution in [0.1, 0.15) is 38.1 Å². The Labute approximate surface area is 189 Å². The Morgan fingerprint density at radius 2 is 1.81 bits per heavy atom. The van der Waals surface area contributed by atoms with E-state index in [4.69, 9.17) is 14.0 Å². The number of rotatable bonds is 11. The summed E-state index contributed by atoms with van der Waals surface area (Å²) in [7, 11) is 3.18. The molecule has 1 aromatic heterocycles. The van der Waals surface area contributed by atoms with E-state index < -0.39 is 0 Å². The Morgan fingerprint density at radius 3 is 2.50 bits per heavy atom. The van der Waals surface area contributed by atoms with Crippen LogP contribution in [0.25, 0.3) is 11.4 Å². The molecular weight excluding hydrogens is 406 g/mol. The van der Waals surface area contributed by atoms with Gasteiger partial charge < -0.3 is 18.9 Å². The van der Waals surface area contributed by atoms with Crippen molar-refractivity contribution in [2.45, 2.75) is 45.6 Å². The summed E-state index contributed by atoms with van der Waals surface area (Å²) < 4.78 is 16.1. The van der Waals surface area contributed by atoms with Crippen LogP contribution in [-0.2, 0) is 17.6 Å². The van der Waals surface area contributed by atoms with Crippen LogP contribution in [0.3, 0.4) is 0 Å². The topological polar surface area (TPSA) is 77.7 Å². The number of benzene rings is 2. The molecule has 3 aromatic rings. The van der Waals surface area contributed by atoms with Crippen molar-refractivity contribution in [2.24, 2.45) is 0 Å². The minimum atomic E-state index is 0.142. The lowest BCUT2D eigenvalue weighted by molar-refractivity contribution is -0.133. The van der Waals surface area contributed by atoms with Crippen molar-refractivity contribution < 1.29 is 18.8 Å². The van der Waals surface area contributed by atoms with Gasteiger partial charge in [0.25, 0.3) is 0 Å². The summed E-state index contributed by atoms with van der Waals surface area (Å²) in [6, 6.07) is 15.7. The Morgan fingerprint density at radius 1 is 1.06 bits per heavy atom. The number of amides is 1. The molecular formula is C25H31N3O4. The summed E-state index contributed by atoms with van der Waals surface area (Å²) in [5, 5.41) is 4.10. The third-order valence-electron chi connectivity index (χ3n) is 5.59. The molecule has 1 unspecified atom stereocenters. The van der Waals surface area contributed by atoms with E-state index in [1.165, 1.54) is 5.56 Å². The zero-order valence-corrected chi connectivity index (χ0v) is 19.2. The largest absolute Gasteiger partial charge is 0.493 e. The summed E-state index contributed by atoms with van der Waals surface area (Å²) in [6.45, 7) is 4.70. The first kappa shape index (κ1) is 23.3. The number of aromatic nitrogens is 2. The molecule has 7 heteroatoms. The van der Waals surface area contributed by atoms with Crippen LogP contribution in [0.4, 0.5) is 0 Å². The molecule has 0 saturated heterocycles. The van der Waals surface area contributed by atoms with Crippen LogP contribution in [0, 0.1) is 0 Å². The first-order chi connectivity index (χ1) is 15.5. The first-order valence-corrected chi connectivity index (χ1v) is 10.9. The first-order valence-electron chi connectivity index (χ1n) is 10.9. The molecule has 1 amide bonds. The molecule has 0 radical (unpaired) electrons. The fourth-order valence-electron chi connectivity index (χ4n) is 3.52. The van der Waals surface area contributed by atoms with Gasteiger partial charge in [0.2, 0.25) is 17.6 Å². The van der Waals surface area contributed by atoms with E-state index in [1.54, 1.807) is 20.3 Å². The minimum Gasteiger partial charge on any atom is -0.493 e. The fourth-order valence-corrected chi connectivity index (χ4v) is 3.52. The molecule has 0 aliphatic rings. The monoisotopic (exact) mass is 437 g/mol. The van der Waals surface area contributed by atoms with Crippen molar-refractivity contribution in [3.8, 4) is 22.9 Å². The van der Waals surface area contributed by atoms with E-state index in [9.17, 15) is 4.79 Å². The SMILES string of the molecule is CCC(C)N(CCc1nc(-c2ccc(OC)c(OC)c2)no1)C(=O)CCc1ccccc1. The maximum Gasteiger partial charge on any atom is 0.228 e. The van der Waals surface area contributed by atoms with Crippen molar-refractivity contribution in [3.05, 3.63) is 60.0 Å². The summed E-state index contributed by atoms with van der Waals surface area (Å²) in [4.78, 5) is 19.4. The number of carbonyl (C=O) groups excluding carboxylic acids is 1. The van der Waals surface area contributed by atoms with Gasteiger partial charge in [-0.3, -0.25) is 4.79 Å². The van der Waals surface area contributed by atoms with Crippen molar-refractivity contribution in [1.29, 1.82) is 0 Å². The van der Waals surface area contributed by atoms with E-state index in [1.807, 2.05) is 35.2 Å². The summed E-state index contributed by atoms with van der Waals surface area (Å²) in [6.07, 6.45) is 2.60. The number of carbonyl (C=O) groups is 1. The molecule has 0 aliphatic carbocycles. The Hall–Kier alpha value is -3.35. The van der Waals surface area contributed by atoms with Gasteiger partial charge in [0, 0.05) is 31.0 Å². The van der Waals surface area contributed by atoms with Crippen LogP contribution in [-0.4, -0.2) is 47.8 Å². The lowest BCUT2D eigenvalue weighted by atomic mass is 10.1. The second-order valence-corrected chi connectivity index (χ2v) is 7.66. The highest BCUT2D eigenvalue weighted by Crippen LogP contribution is 2.31. The van der Waals surface area contributed by atoms with E-state index in [2.05, 4.69) is 36.1 Å². The number of nitrogens with zero attached hydrogens (tertiary/aromatic N) is 3. The van der Waals surface area contributed by atoms with E-state index in [0.29, 0.717) is 42.6 Å². The highest BCUT2D eigenvalue weighted by molar-refractivity contribution is 5.76. The van der Waals surface area contributed by atoms with Crippen LogP contribution < -0.4 is 9.47 Å². The van der Waals surface area contributed by atoms with Gasteiger partial charge in [0.15, 0.2) is 11.5 Å². The molecule has 0 fully saturated rings. The smallest absolute Gasteiger partial charge is 0.228 e. The molecule has 7 nitrogen and oxygen atoms in total. The van der Waals surface area contributed by atoms with Crippen molar-refractivity contribution in [1.82, 2.24) is 15.0 Å². The molecule has 170 valence electrons. The van der Waals surface area contributed by atoms with Crippen molar-refractivity contribution in [2.75, 3.05) is 20.8 Å². The second kappa shape index (κ2) is 11.3. The fraction of sp³-hybridized carbons (Fsp3) is 0.400. The van der Waals surface area contributed by atoms with Gasteiger partial charge in [0.05, 0.1) is 14.2 Å². The maximum absolute atomic E-state index is 12.9. The second-order valence-electron chi connectivity index (χ2n) is 7.66. The lowest BCUT2D eigenvalue weighted by Gasteiger charge is -2.28. The zero-order chi connectivity index (χ0) is 22.9. The van der Waals surface area contributed by atoms with Gasteiger partial charge in [0.1, 0.15) is 0 Å². The molecule has 2 aromatic carbocycles. The third kappa shape index (κ3) is 5.87. The Balaban J connectivity index is 1.64. The predicted molar refractivity (Wildman–Crippen MR) is 123 cm³/mol. The molecule has 0 spiro atoms. The van der Waals surface area contributed by atoms with Gasteiger partial charge in [-0.1, -0.05) is 42.4 Å². The average molecular weight is 438 g/mol. The molecule has 1 atom stereocenters. The number of methoxy groups -OCH3 is 2. The number of hydrogen-bond donors (Lipinski definition) is 0. The quantitative estimate of drug-likeness (QED) is 0.438. The van der Waals surface area contributed by atoms with Crippen LogP contribution >= 0.6 is 0 Å². The summed E-state index contributed by atoms with van der Waals surface area (Å²) >= 11 is 0. The molecule has 0 saturated carbocycles. The van der Waals surface area contributed by atoms with E-state index in [-0.39, 0.29) is 11.9 Å². The van der Waals surface area contributed by atoms with Gasteiger partial charge >= 0.3 is 0 Å². The van der Waals surface area contributed by atoms with Gasteiger partial charge in [-0.15, -0.1) is 0 Å². The zero-order valence-electron chi connectivity index (χ0n) is 19.2. The van der Waals surface area contributed by atoms with E-state index in [0.717, 1.165) is 18.4 Å². The summed E-state index contributed by atoms with van der Waals surface area (Å²) in [5.74, 6) is 2.36. The highest BCUT2D eigenvalue weighted by atomic mass is 16.5. The summed E-state index contributed by atoms with van der Waals surface area (Å²) in [5.41, 5.74) is 1.94. The lowest BCUT2D eigenvalue weighted by Crippen LogP contribution is -2.40. The highest BCUT2D eigenvalue weighted by Gasteiger charge is 2.20. The van der Waals surface area contributed by atoms with Gasteiger partial charge in [-0.2, -0.15) is 4.98 Å². The predicted octanol–water partition coefficient (Wildman–Crippen LogP) is 4.56. The number of ether oxygens (including phenoxy) is 2. The average Bonchev–Trinajstić information content (AvgIpc) is 3.31. The molecule has 3 rings (SSSR count). The molecule has 0 N–H and O–H groups in total. The third-order valence-corrected chi connectivity index (χ3v) is 5.59. The molecule has 1 heterocycles. The number of aryl methyl sites for hydroxylation is 1. The Bertz CT molecular complexity index is 1000. The Kier molecular flexibility index (Phi) is 8.25. The normalized spacial score (nSPS) is 11.8. The standard InChI is InChI=1S/C25H31N3O4/c1-5-18(2)28(24(29)14-11-19-9-7-6-8-10-19)16-15-23-26-25(27-32-23)20-12-13-21(30-3)22(17-20)31-4/h6-10,12-13,17-18H,5,11,14-16H2,1-4H3. The minimum absolute atomic E-state index is 0.142. The van der Waals surface area contributed by atoms with Crippen molar-refractivity contribution >= 4 is 5.91 Å². The van der Waals surface area contributed by atoms with Crippen molar-refractivity contribution in [3.63, 3.8) is 0 Å². The maximum atomic E-state index is 12.9.